The number of hydrogen-bond acceptors (Lipinski definition) is 5. The standard InChI is InChI=1S/C21H30N2O6S/c1-21(2,3)29-20(26)23-10-8-14(9-11-23)13-22-30(27,28)16-6-4-15(5-7-16)17-12-18(17)19(24)25/h4-7,14,17-18,22H,8-13H2,1-3H3,(H,24,25). The van der Waals surface area contributed by atoms with Crippen LogP contribution in [0.4, 0.5) is 4.79 Å². The average molecular weight is 439 g/mol. The highest BCUT2D eigenvalue weighted by Crippen LogP contribution is 2.47. The Hall–Kier alpha value is -2.13. The van der Waals surface area contributed by atoms with Gasteiger partial charge >= 0.3 is 12.1 Å². The Kier molecular flexibility index (Phi) is 6.43. The Bertz CT molecular complexity index is 883. The first kappa shape index (κ1) is 22.6. The van der Waals surface area contributed by atoms with Crippen molar-refractivity contribution in [1.29, 1.82) is 0 Å². The van der Waals surface area contributed by atoms with Gasteiger partial charge in [0.15, 0.2) is 0 Å². The second-order valence-electron chi connectivity index (χ2n) is 9.12. The van der Waals surface area contributed by atoms with E-state index < -0.39 is 21.6 Å². The number of ether oxygens (including phenoxy) is 1. The van der Waals surface area contributed by atoms with Crippen LogP contribution in [0.1, 0.15) is 51.5 Å². The van der Waals surface area contributed by atoms with Gasteiger partial charge in [-0.05, 0) is 69.6 Å². The molecular weight excluding hydrogens is 408 g/mol. The van der Waals surface area contributed by atoms with Crippen LogP contribution in [0, 0.1) is 11.8 Å². The van der Waals surface area contributed by atoms with E-state index in [-0.39, 0.29) is 28.7 Å². The maximum atomic E-state index is 12.6. The summed E-state index contributed by atoms with van der Waals surface area (Å²) in [6, 6.07) is 6.45. The van der Waals surface area contributed by atoms with Gasteiger partial charge in [0.05, 0.1) is 10.8 Å². The number of hydrogen-bond donors (Lipinski definition) is 2. The molecule has 3 rings (SSSR count). The van der Waals surface area contributed by atoms with Crippen molar-refractivity contribution in [2.45, 2.75) is 56.4 Å². The molecule has 1 amide bonds. The molecule has 1 aliphatic carbocycles. The molecule has 2 unspecified atom stereocenters. The van der Waals surface area contributed by atoms with Crippen molar-refractivity contribution in [3.05, 3.63) is 29.8 Å². The second kappa shape index (κ2) is 8.55. The highest BCUT2D eigenvalue weighted by atomic mass is 32.2. The van der Waals surface area contributed by atoms with E-state index in [1.807, 2.05) is 20.8 Å². The minimum Gasteiger partial charge on any atom is -0.481 e. The molecule has 1 saturated heterocycles. The quantitative estimate of drug-likeness (QED) is 0.706. The Morgan fingerprint density at radius 3 is 2.27 bits per heavy atom. The number of aliphatic carboxylic acids is 1. The third-order valence-corrected chi connectivity index (χ3v) is 6.99. The van der Waals surface area contributed by atoms with Crippen molar-refractivity contribution in [2.24, 2.45) is 11.8 Å². The monoisotopic (exact) mass is 438 g/mol. The van der Waals surface area contributed by atoms with Gasteiger partial charge in [-0.3, -0.25) is 4.79 Å². The zero-order valence-corrected chi connectivity index (χ0v) is 18.4. The summed E-state index contributed by atoms with van der Waals surface area (Å²) in [5.41, 5.74) is 0.323. The average Bonchev–Trinajstić information content (AvgIpc) is 3.47. The lowest BCUT2D eigenvalue weighted by Crippen LogP contribution is -2.43. The van der Waals surface area contributed by atoms with Crippen molar-refractivity contribution in [1.82, 2.24) is 9.62 Å². The van der Waals surface area contributed by atoms with E-state index in [0.29, 0.717) is 38.9 Å². The molecular formula is C21H30N2O6S. The van der Waals surface area contributed by atoms with Gasteiger partial charge in [0, 0.05) is 19.6 Å². The summed E-state index contributed by atoms with van der Waals surface area (Å²) < 4.78 is 33.2. The third-order valence-electron chi connectivity index (χ3n) is 5.55. The maximum absolute atomic E-state index is 12.6. The fourth-order valence-corrected chi connectivity index (χ4v) is 4.80. The SMILES string of the molecule is CC(C)(C)OC(=O)N1CCC(CNS(=O)(=O)c2ccc(C3CC3C(=O)O)cc2)CC1. The van der Waals surface area contributed by atoms with Crippen LogP contribution in [0.5, 0.6) is 0 Å². The number of carbonyl (C=O) groups excluding carboxylic acids is 1. The number of nitrogens with zero attached hydrogens (tertiary/aromatic N) is 1. The maximum Gasteiger partial charge on any atom is 0.410 e. The van der Waals surface area contributed by atoms with Crippen LogP contribution in [-0.4, -0.2) is 55.7 Å². The van der Waals surface area contributed by atoms with Crippen LogP contribution in [-0.2, 0) is 19.6 Å². The molecule has 1 heterocycles. The number of carboxylic acid groups (broad SMARTS) is 1. The zero-order valence-electron chi connectivity index (χ0n) is 17.6. The van der Waals surface area contributed by atoms with E-state index in [9.17, 15) is 18.0 Å². The van der Waals surface area contributed by atoms with Gasteiger partial charge in [-0.1, -0.05) is 12.1 Å². The summed E-state index contributed by atoms with van der Waals surface area (Å²) >= 11 is 0. The minimum atomic E-state index is -3.64. The third kappa shape index (κ3) is 5.72. The molecule has 0 aromatic heterocycles. The van der Waals surface area contributed by atoms with Crippen LogP contribution in [0.2, 0.25) is 0 Å². The van der Waals surface area contributed by atoms with Crippen LogP contribution in [0.25, 0.3) is 0 Å². The lowest BCUT2D eigenvalue weighted by atomic mass is 9.97. The van der Waals surface area contributed by atoms with E-state index in [1.54, 1.807) is 17.0 Å². The summed E-state index contributed by atoms with van der Waals surface area (Å²) in [5.74, 6) is -1.05. The van der Waals surface area contributed by atoms with E-state index in [2.05, 4.69) is 4.72 Å². The van der Waals surface area contributed by atoms with E-state index in [1.165, 1.54) is 12.1 Å². The first-order valence-corrected chi connectivity index (χ1v) is 11.7. The molecule has 166 valence electrons. The van der Waals surface area contributed by atoms with Gasteiger partial charge < -0.3 is 14.7 Å². The normalized spacial score (nSPS) is 22.6. The number of amides is 1. The molecule has 1 saturated carbocycles. The molecule has 9 heteroatoms. The Morgan fingerprint density at radius 2 is 1.77 bits per heavy atom. The lowest BCUT2D eigenvalue weighted by molar-refractivity contribution is -0.138. The predicted octanol–water partition coefficient (Wildman–Crippen LogP) is 2.80. The molecule has 2 fully saturated rings. The highest BCUT2D eigenvalue weighted by Gasteiger charge is 2.44. The molecule has 0 bridgehead atoms. The summed E-state index contributed by atoms with van der Waals surface area (Å²) in [4.78, 5) is 24.9. The summed E-state index contributed by atoms with van der Waals surface area (Å²) in [6.45, 7) is 6.89. The van der Waals surface area contributed by atoms with Gasteiger partial charge in [-0.2, -0.15) is 0 Å². The van der Waals surface area contributed by atoms with Crippen molar-refractivity contribution >= 4 is 22.1 Å². The van der Waals surface area contributed by atoms with E-state index in [4.69, 9.17) is 9.84 Å². The molecule has 1 aromatic carbocycles. The van der Waals surface area contributed by atoms with Gasteiger partial charge in [0.2, 0.25) is 10.0 Å². The minimum absolute atomic E-state index is 0.0256. The number of likely N-dealkylation sites (tertiary alicyclic amines) is 1. The van der Waals surface area contributed by atoms with Gasteiger partial charge in [-0.25, -0.2) is 17.9 Å². The lowest BCUT2D eigenvalue weighted by Gasteiger charge is -2.33. The Morgan fingerprint density at radius 1 is 1.17 bits per heavy atom. The van der Waals surface area contributed by atoms with Crippen molar-refractivity contribution < 1.29 is 27.9 Å². The zero-order chi connectivity index (χ0) is 22.1. The smallest absolute Gasteiger partial charge is 0.410 e. The van der Waals surface area contributed by atoms with E-state index in [0.717, 1.165) is 5.56 Å². The molecule has 2 aliphatic rings. The van der Waals surface area contributed by atoms with Crippen LogP contribution >= 0.6 is 0 Å². The van der Waals surface area contributed by atoms with E-state index >= 15 is 0 Å². The molecule has 0 radical (unpaired) electrons. The molecule has 1 aliphatic heterocycles. The van der Waals surface area contributed by atoms with Crippen LogP contribution < -0.4 is 4.72 Å². The summed E-state index contributed by atoms with van der Waals surface area (Å²) in [5, 5.41) is 9.02. The second-order valence-corrected chi connectivity index (χ2v) is 10.9. The first-order valence-electron chi connectivity index (χ1n) is 10.3. The Labute approximate surface area is 177 Å². The van der Waals surface area contributed by atoms with Crippen molar-refractivity contribution in [2.75, 3.05) is 19.6 Å². The number of sulfonamides is 1. The Balaban J connectivity index is 1.48. The fraction of sp³-hybridized carbons (Fsp3) is 0.619. The number of nitrogens with one attached hydrogen (secondary N) is 1. The van der Waals surface area contributed by atoms with Crippen LogP contribution in [0.3, 0.4) is 0 Å². The number of rotatable bonds is 6. The molecule has 0 spiro atoms. The van der Waals surface area contributed by atoms with Crippen molar-refractivity contribution in [3.63, 3.8) is 0 Å². The van der Waals surface area contributed by atoms with Gasteiger partial charge in [0.25, 0.3) is 0 Å². The number of carbonyl (C=O) groups is 2. The molecule has 1 aromatic rings. The largest absolute Gasteiger partial charge is 0.481 e. The molecule has 2 atom stereocenters. The number of benzene rings is 1. The van der Waals surface area contributed by atoms with Crippen LogP contribution in [0.15, 0.2) is 29.2 Å². The van der Waals surface area contributed by atoms with Crippen molar-refractivity contribution in [3.8, 4) is 0 Å². The highest BCUT2D eigenvalue weighted by molar-refractivity contribution is 7.89. The number of piperidine rings is 1. The fourth-order valence-electron chi connectivity index (χ4n) is 3.69. The molecule has 8 nitrogen and oxygen atoms in total. The number of carboxylic acids is 1. The summed E-state index contributed by atoms with van der Waals surface area (Å²) in [7, 11) is -3.64. The molecule has 2 N–H and O–H groups in total. The molecule has 30 heavy (non-hydrogen) atoms. The van der Waals surface area contributed by atoms with Gasteiger partial charge in [0.1, 0.15) is 5.60 Å². The predicted molar refractivity (Wildman–Crippen MR) is 111 cm³/mol. The topological polar surface area (TPSA) is 113 Å². The summed E-state index contributed by atoms with van der Waals surface area (Å²) in [6.07, 6.45) is 1.68. The first-order chi connectivity index (χ1) is 14.0. The van der Waals surface area contributed by atoms with Gasteiger partial charge in [-0.15, -0.1) is 0 Å².